The van der Waals surface area contributed by atoms with Crippen molar-refractivity contribution in [1.29, 1.82) is 0 Å². The van der Waals surface area contributed by atoms with Gasteiger partial charge >= 0.3 is 0 Å². The third-order valence-electron chi connectivity index (χ3n) is 7.49. The van der Waals surface area contributed by atoms with Gasteiger partial charge in [0, 0.05) is 44.7 Å². The minimum atomic E-state index is -0.233. The number of imidazole rings is 1. The van der Waals surface area contributed by atoms with E-state index in [4.69, 9.17) is 4.74 Å². The molecule has 194 valence electrons. The summed E-state index contributed by atoms with van der Waals surface area (Å²) in [5.74, 6) is 1.74. The third-order valence-corrected chi connectivity index (χ3v) is 7.49. The molecule has 1 N–H and O–H groups in total. The molecule has 6 nitrogen and oxygen atoms in total. The maximum atomic E-state index is 13.2. The predicted octanol–water partition coefficient (Wildman–Crippen LogP) is 5.67. The van der Waals surface area contributed by atoms with Gasteiger partial charge in [-0.2, -0.15) is 0 Å². The lowest BCUT2D eigenvalue weighted by molar-refractivity contribution is -0.130. The molecule has 0 radical (unpaired) electrons. The molecule has 0 spiro atoms. The van der Waals surface area contributed by atoms with E-state index >= 15 is 0 Å². The lowest BCUT2D eigenvalue weighted by Crippen LogP contribution is -2.48. The van der Waals surface area contributed by atoms with Crippen molar-refractivity contribution in [3.63, 3.8) is 0 Å². The largest absolute Gasteiger partial charge is 0.493 e. The molecule has 0 bridgehead atoms. The maximum Gasteiger partial charge on any atom is 0.226 e. The molecule has 1 amide bonds. The average Bonchev–Trinajstić information content (AvgIpc) is 3.30. The van der Waals surface area contributed by atoms with Crippen LogP contribution in [0.5, 0.6) is 5.75 Å². The number of fused-ring (bicyclic) bond motifs is 2. The second-order valence-electron chi connectivity index (χ2n) is 10.1. The topological polar surface area (TPSA) is 61.5 Å². The molecule has 2 aliphatic heterocycles. The van der Waals surface area contributed by atoms with Gasteiger partial charge in [0.15, 0.2) is 0 Å². The number of anilines is 1. The van der Waals surface area contributed by atoms with Crippen LogP contribution in [0, 0.1) is 12.7 Å². The second kappa shape index (κ2) is 10.3. The van der Waals surface area contributed by atoms with Gasteiger partial charge in [-0.1, -0.05) is 23.8 Å². The summed E-state index contributed by atoms with van der Waals surface area (Å²) in [5.41, 5.74) is 7.51. The summed E-state index contributed by atoms with van der Waals surface area (Å²) >= 11 is 0. The number of H-pyrrole nitrogens is 1. The third kappa shape index (κ3) is 5.14. The minimum absolute atomic E-state index is 0.160. The van der Waals surface area contributed by atoms with Crippen LogP contribution in [0.3, 0.4) is 0 Å². The Bertz CT molecular complexity index is 1500. The molecule has 0 saturated carbocycles. The summed E-state index contributed by atoms with van der Waals surface area (Å²) < 4.78 is 19.3. The number of piperazine rings is 1. The van der Waals surface area contributed by atoms with Crippen LogP contribution >= 0.6 is 0 Å². The van der Waals surface area contributed by atoms with Crippen molar-refractivity contribution in [1.82, 2.24) is 14.9 Å². The van der Waals surface area contributed by atoms with E-state index in [9.17, 15) is 9.18 Å². The number of benzene rings is 3. The zero-order valence-corrected chi connectivity index (χ0v) is 21.5. The molecule has 1 saturated heterocycles. The molecule has 1 fully saturated rings. The predicted molar refractivity (Wildman–Crippen MR) is 148 cm³/mol. The van der Waals surface area contributed by atoms with Crippen LogP contribution in [-0.4, -0.2) is 53.6 Å². The quantitative estimate of drug-likeness (QED) is 0.360. The molecule has 6 rings (SSSR count). The summed E-state index contributed by atoms with van der Waals surface area (Å²) in [6, 6.07) is 19.2. The van der Waals surface area contributed by atoms with Crippen molar-refractivity contribution in [2.24, 2.45) is 0 Å². The van der Waals surface area contributed by atoms with Gasteiger partial charge in [0.25, 0.3) is 0 Å². The molecule has 4 aromatic rings. The molecule has 3 heterocycles. The number of amides is 1. The molecule has 0 unspecified atom stereocenters. The molecule has 0 aliphatic carbocycles. The highest BCUT2D eigenvalue weighted by Gasteiger charge is 2.22. The number of halogens is 1. The Morgan fingerprint density at radius 1 is 1.00 bits per heavy atom. The smallest absolute Gasteiger partial charge is 0.226 e. The number of ether oxygens (including phenoxy) is 1. The first-order chi connectivity index (χ1) is 18.5. The fourth-order valence-electron chi connectivity index (χ4n) is 5.36. The van der Waals surface area contributed by atoms with Crippen molar-refractivity contribution in [3.05, 3.63) is 89.5 Å². The number of hydrogen-bond donors (Lipinski definition) is 1. The maximum absolute atomic E-state index is 13.2. The van der Waals surface area contributed by atoms with Gasteiger partial charge in [-0.15, -0.1) is 0 Å². The van der Waals surface area contributed by atoms with Crippen molar-refractivity contribution in [2.75, 3.05) is 37.7 Å². The number of carbonyl (C=O) groups is 1. The Morgan fingerprint density at radius 3 is 2.58 bits per heavy atom. The lowest BCUT2D eigenvalue weighted by Gasteiger charge is -2.36. The molecule has 38 heavy (non-hydrogen) atoms. The number of aromatic nitrogens is 2. The Labute approximate surface area is 221 Å². The molecule has 3 aromatic carbocycles. The highest BCUT2D eigenvalue weighted by atomic mass is 19.1. The Morgan fingerprint density at radius 2 is 1.76 bits per heavy atom. The van der Waals surface area contributed by atoms with E-state index in [2.05, 4.69) is 51.3 Å². The van der Waals surface area contributed by atoms with Gasteiger partial charge in [0.2, 0.25) is 5.91 Å². The molecule has 0 atom stereocenters. The normalized spacial score (nSPS) is 17.3. The number of hydrogen-bond acceptors (Lipinski definition) is 4. The lowest BCUT2D eigenvalue weighted by atomic mass is 9.97. The SMILES string of the molecule is Cc1nc2ccc(-c3ccc4c(c3)C/C=C(/CC(=O)N3CCN(c5ccc(F)cc5)CC3)CCO4)cc2[nH]1. The van der Waals surface area contributed by atoms with Gasteiger partial charge in [-0.3, -0.25) is 4.79 Å². The number of allylic oxidation sites excluding steroid dienone is 1. The standard InChI is InChI=1S/C31H31FN4O2/c1-21-33-28-10-4-24(20-29(28)34-21)23-5-11-30-25(19-23)3-2-22(12-17-38-30)18-31(37)36-15-13-35(14-16-36)27-8-6-26(32)7-9-27/h2,4-11,19-20H,3,12-18H2,1H3,(H,33,34)/b22-2+. The van der Waals surface area contributed by atoms with E-state index in [0.717, 1.165) is 76.5 Å². The summed E-state index contributed by atoms with van der Waals surface area (Å²) in [7, 11) is 0. The fraction of sp³-hybridized carbons (Fsp3) is 0.290. The van der Waals surface area contributed by atoms with Gasteiger partial charge in [-0.05, 0) is 78.6 Å². The van der Waals surface area contributed by atoms with E-state index in [-0.39, 0.29) is 11.7 Å². The van der Waals surface area contributed by atoms with Gasteiger partial charge in [-0.25, -0.2) is 9.37 Å². The Kier molecular flexibility index (Phi) is 6.58. The van der Waals surface area contributed by atoms with Crippen LogP contribution in [0.25, 0.3) is 22.2 Å². The van der Waals surface area contributed by atoms with Gasteiger partial charge < -0.3 is 19.5 Å². The van der Waals surface area contributed by atoms with Crippen molar-refractivity contribution in [2.45, 2.75) is 26.2 Å². The first-order valence-electron chi connectivity index (χ1n) is 13.2. The summed E-state index contributed by atoms with van der Waals surface area (Å²) in [6.07, 6.45) is 4.11. The highest BCUT2D eigenvalue weighted by molar-refractivity contribution is 5.82. The van der Waals surface area contributed by atoms with Crippen molar-refractivity contribution < 1.29 is 13.9 Å². The van der Waals surface area contributed by atoms with E-state index < -0.39 is 0 Å². The first kappa shape index (κ1) is 24.2. The molecular weight excluding hydrogens is 479 g/mol. The number of nitrogens with one attached hydrogen (secondary N) is 1. The number of aryl methyl sites for hydroxylation is 1. The molecule has 7 heteroatoms. The van der Waals surface area contributed by atoms with E-state index in [1.807, 2.05) is 17.9 Å². The molecule has 2 aliphatic rings. The van der Waals surface area contributed by atoms with Crippen LogP contribution in [-0.2, 0) is 11.2 Å². The monoisotopic (exact) mass is 510 g/mol. The highest BCUT2D eigenvalue weighted by Crippen LogP contribution is 2.31. The van der Waals surface area contributed by atoms with Crippen LogP contribution in [0.2, 0.25) is 0 Å². The number of aromatic amines is 1. The van der Waals surface area contributed by atoms with E-state index in [0.29, 0.717) is 26.1 Å². The zero-order chi connectivity index (χ0) is 26.1. The fourth-order valence-corrected chi connectivity index (χ4v) is 5.36. The zero-order valence-electron chi connectivity index (χ0n) is 21.5. The van der Waals surface area contributed by atoms with Crippen molar-refractivity contribution >= 4 is 22.6 Å². The van der Waals surface area contributed by atoms with E-state index in [1.54, 1.807) is 12.1 Å². The summed E-state index contributed by atoms with van der Waals surface area (Å²) in [6.45, 7) is 5.37. The van der Waals surface area contributed by atoms with Crippen LogP contribution in [0.1, 0.15) is 24.2 Å². The molecular formula is C31H31FN4O2. The average molecular weight is 511 g/mol. The summed E-state index contributed by atoms with van der Waals surface area (Å²) in [5, 5.41) is 0. The first-order valence-corrected chi connectivity index (χ1v) is 13.2. The van der Waals surface area contributed by atoms with Crippen LogP contribution in [0.4, 0.5) is 10.1 Å². The summed E-state index contributed by atoms with van der Waals surface area (Å²) in [4.78, 5) is 25.1. The number of rotatable bonds is 4. The van der Waals surface area contributed by atoms with Gasteiger partial charge in [0.05, 0.1) is 17.6 Å². The Balaban J connectivity index is 1.11. The minimum Gasteiger partial charge on any atom is -0.493 e. The second-order valence-corrected chi connectivity index (χ2v) is 10.1. The number of carbonyl (C=O) groups excluding carboxylic acids is 1. The van der Waals surface area contributed by atoms with E-state index in [1.165, 1.54) is 12.1 Å². The van der Waals surface area contributed by atoms with Crippen molar-refractivity contribution in [3.8, 4) is 16.9 Å². The van der Waals surface area contributed by atoms with Crippen LogP contribution < -0.4 is 9.64 Å². The van der Waals surface area contributed by atoms with Gasteiger partial charge in [0.1, 0.15) is 17.4 Å². The number of nitrogens with zero attached hydrogens (tertiary/aromatic N) is 3. The van der Waals surface area contributed by atoms with Crippen LogP contribution in [0.15, 0.2) is 72.3 Å². The Hall–Kier alpha value is -4.13. The molecule has 1 aromatic heterocycles.